The van der Waals surface area contributed by atoms with Gasteiger partial charge in [-0.1, -0.05) is 6.07 Å². The summed E-state index contributed by atoms with van der Waals surface area (Å²) in [5.74, 6) is -0.0660. The lowest BCUT2D eigenvalue weighted by Gasteiger charge is -2.11. The van der Waals surface area contributed by atoms with E-state index in [1.165, 1.54) is 12.1 Å². The zero-order valence-electron chi connectivity index (χ0n) is 8.18. The Morgan fingerprint density at radius 3 is 1.87 bits per heavy atom. The molecule has 0 amide bonds. The van der Waals surface area contributed by atoms with Crippen molar-refractivity contribution in [3.8, 4) is 5.75 Å². The van der Waals surface area contributed by atoms with Crippen molar-refractivity contribution in [1.82, 2.24) is 0 Å². The molecule has 0 bridgehead atoms. The van der Waals surface area contributed by atoms with Crippen LogP contribution in [-0.2, 0) is 24.6 Å². The summed E-state index contributed by atoms with van der Waals surface area (Å²) in [6.45, 7) is 1.12. The normalized spacial score (nSPS) is 9.27. The van der Waals surface area contributed by atoms with Crippen LogP contribution in [0.4, 0.5) is 0 Å². The standard InChI is InChI=1S/C9H12O4.CH2O/c10-3-6-1-2-9(13)8(5-12)7(6)4-11;1-2/h1-2,10-13H,3-5H2;1H2. The number of hydrogen-bond donors (Lipinski definition) is 4. The molecule has 0 saturated carbocycles. The molecule has 0 aliphatic carbocycles. The summed E-state index contributed by atoms with van der Waals surface area (Å²) in [6.07, 6.45) is 0. The minimum atomic E-state index is -0.352. The predicted molar refractivity (Wildman–Crippen MR) is 53.0 cm³/mol. The van der Waals surface area contributed by atoms with Crippen molar-refractivity contribution >= 4 is 6.79 Å². The monoisotopic (exact) mass is 214 g/mol. The first-order chi connectivity index (χ1) is 7.24. The highest BCUT2D eigenvalue weighted by Gasteiger charge is 2.10. The van der Waals surface area contributed by atoms with Gasteiger partial charge in [-0.3, -0.25) is 0 Å². The molecular formula is C10H14O5. The minimum Gasteiger partial charge on any atom is -0.508 e. The Kier molecular flexibility index (Phi) is 6.28. The molecule has 0 aliphatic rings. The van der Waals surface area contributed by atoms with E-state index >= 15 is 0 Å². The third kappa shape index (κ3) is 3.02. The third-order valence-corrected chi connectivity index (χ3v) is 1.99. The fraction of sp³-hybridized carbons (Fsp3) is 0.300. The maximum absolute atomic E-state index is 9.29. The average molecular weight is 214 g/mol. The van der Waals surface area contributed by atoms with Crippen molar-refractivity contribution in [2.24, 2.45) is 0 Å². The molecule has 5 heteroatoms. The molecule has 0 fully saturated rings. The highest BCUT2D eigenvalue weighted by Crippen LogP contribution is 2.24. The molecule has 1 rings (SSSR count). The SMILES string of the molecule is C=O.OCc1ccc(O)c(CO)c1CO. The van der Waals surface area contributed by atoms with E-state index < -0.39 is 0 Å². The summed E-state index contributed by atoms with van der Waals surface area (Å²) >= 11 is 0. The van der Waals surface area contributed by atoms with E-state index in [-0.39, 0.29) is 31.1 Å². The van der Waals surface area contributed by atoms with Crippen molar-refractivity contribution in [1.29, 1.82) is 0 Å². The lowest BCUT2D eigenvalue weighted by atomic mass is 10.0. The molecule has 0 aliphatic heterocycles. The molecule has 0 unspecified atom stereocenters. The van der Waals surface area contributed by atoms with Crippen LogP contribution in [0.25, 0.3) is 0 Å². The summed E-state index contributed by atoms with van der Waals surface area (Å²) in [6, 6.07) is 2.90. The Labute approximate surface area is 87.2 Å². The molecule has 4 N–H and O–H groups in total. The minimum absolute atomic E-state index is 0.0660. The molecular weight excluding hydrogens is 200 g/mol. The van der Waals surface area contributed by atoms with Gasteiger partial charge in [0.15, 0.2) is 0 Å². The molecule has 1 aromatic carbocycles. The van der Waals surface area contributed by atoms with Gasteiger partial charge in [-0.2, -0.15) is 0 Å². The Morgan fingerprint density at radius 2 is 1.47 bits per heavy atom. The first-order valence-corrected chi connectivity index (χ1v) is 4.18. The lowest BCUT2D eigenvalue weighted by molar-refractivity contribution is -0.0979. The fourth-order valence-corrected chi connectivity index (χ4v) is 1.25. The van der Waals surface area contributed by atoms with Crippen LogP contribution in [0.1, 0.15) is 16.7 Å². The molecule has 0 aromatic heterocycles. The van der Waals surface area contributed by atoms with E-state index in [0.717, 1.165) is 0 Å². The van der Waals surface area contributed by atoms with Crippen LogP contribution in [0.5, 0.6) is 5.75 Å². The highest BCUT2D eigenvalue weighted by molar-refractivity contribution is 5.43. The van der Waals surface area contributed by atoms with Gasteiger partial charge in [0.05, 0.1) is 19.8 Å². The van der Waals surface area contributed by atoms with E-state index in [1.807, 2.05) is 6.79 Å². The van der Waals surface area contributed by atoms with E-state index in [0.29, 0.717) is 11.1 Å². The highest BCUT2D eigenvalue weighted by atomic mass is 16.3. The van der Waals surface area contributed by atoms with Gasteiger partial charge in [0.2, 0.25) is 0 Å². The zero-order valence-corrected chi connectivity index (χ0v) is 8.18. The van der Waals surface area contributed by atoms with Gasteiger partial charge < -0.3 is 25.2 Å². The molecule has 84 valence electrons. The predicted octanol–water partition coefficient (Wildman–Crippen LogP) is -0.316. The first-order valence-electron chi connectivity index (χ1n) is 4.18. The number of carbonyl (C=O) groups excluding carboxylic acids is 1. The van der Waals surface area contributed by atoms with Gasteiger partial charge in [0.25, 0.3) is 0 Å². The van der Waals surface area contributed by atoms with Crippen LogP contribution in [0, 0.1) is 0 Å². The zero-order chi connectivity index (χ0) is 11.8. The number of aromatic hydroxyl groups is 1. The van der Waals surface area contributed by atoms with Crippen molar-refractivity contribution in [2.45, 2.75) is 19.8 Å². The van der Waals surface area contributed by atoms with Crippen LogP contribution in [-0.4, -0.2) is 27.2 Å². The molecule has 5 nitrogen and oxygen atoms in total. The van der Waals surface area contributed by atoms with E-state index in [9.17, 15) is 5.11 Å². The van der Waals surface area contributed by atoms with E-state index in [2.05, 4.69) is 0 Å². The van der Waals surface area contributed by atoms with Crippen molar-refractivity contribution in [3.05, 3.63) is 28.8 Å². The largest absolute Gasteiger partial charge is 0.508 e. The Hall–Kier alpha value is -1.43. The second-order valence-electron chi connectivity index (χ2n) is 2.68. The molecule has 15 heavy (non-hydrogen) atoms. The fourth-order valence-electron chi connectivity index (χ4n) is 1.25. The Balaban J connectivity index is 0.000000921. The van der Waals surface area contributed by atoms with Gasteiger partial charge >= 0.3 is 0 Å². The van der Waals surface area contributed by atoms with Gasteiger partial charge in [-0.05, 0) is 17.2 Å². The van der Waals surface area contributed by atoms with Crippen molar-refractivity contribution in [2.75, 3.05) is 0 Å². The molecule has 0 atom stereocenters. The van der Waals surface area contributed by atoms with Crippen molar-refractivity contribution < 1.29 is 25.2 Å². The number of carbonyl (C=O) groups is 1. The van der Waals surface area contributed by atoms with Crippen LogP contribution in [0.3, 0.4) is 0 Å². The quantitative estimate of drug-likeness (QED) is 0.553. The van der Waals surface area contributed by atoms with Crippen LogP contribution in [0.15, 0.2) is 12.1 Å². The summed E-state index contributed by atoms with van der Waals surface area (Å²) < 4.78 is 0. The third-order valence-electron chi connectivity index (χ3n) is 1.99. The molecule has 0 heterocycles. The topological polar surface area (TPSA) is 98.0 Å². The summed E-state index contributed by atoms with van der Waals surface area (Å²) in [7, 11) is 0. The van der Waals surface area contributed by atoms with E-state index in [1.54, 1.807) is 0 Å². The molecule has 0 saturated heterocycles. The number of benzene rings is 1. The van der Waals surface area contributed by atoms with Gasteiger partial charge in [-0.25, -0.2) is 0 Å². The van der Waals surface area contributed by atoms with Crippen LogP contribution >= 0.6 is 0 Å². The molecule has 0 spiro atoms. The Bertz CT molecular complexity index is 311. The second-order valence-corrected chi connectivity index (χ2v) is 2.68. The maximum atomic E-state index is 9.29. The van der Waals surface area contributed by atoms with Gasteiger partial charge in [0.1, 0.15) is 12.5 Å². The van der Waals surface area contributed by atoms with Crippen LogP contribution < -0.4 is 0 Å². The molecule has 1 aromatic rings. The van der Waals surface area contributed by atoms with Gasteiger partial charge in [-0.15, -0.1) is 0 Å². The average Bonchev–Trinajstić information content (AvgIpc) is 2.31. The Morgan fingerprint density at radius 1 is 0.933 bits per heavy atom. The van der Waals surface area contributed by atoms with Crippen molar-refractivity contribution in [3.63, 3.8) is 0 Å². The summed E-state index contributed by atoms with van der Waals surface area (Å²) in [4.78, 5) is 8.00. The summed E-state index contributed by atoms with van der Waals surface area (Å²) in [5, 5.41) is 36.0. The maximum Gasteiger partial charge on any atom is 0.121 e. The second kappa shape index (κ2) is 6.94. The number of phenols is 1. The van der Waals surface area contributed by atoms with Gasteiger partial charge in [0, 0.05) is 5.56 Å². The number of aliphatic hydroxyl groups excluding tert-OH is 3. The number of aliphatic hydroxyl groups is 3. The first kappa shape index (κ1) is 13.6. The lowest BCUT2D eigenvalue weighted by Crippen LogP contribution is -2.00. The smallest absolute Gasteiger partial charge is 0.121 e. The van der Waals surface area contributed by atoms with Crippen LogP contribution in [0.2, 0.25) is 0 Å². The number of hydrogen-bond acceptors (Lipinski definition) is 5. The molecule has 0 radical (unpaired) electrons. The van der Waals surface area contributed by atoms with E-state index in [4.69, 9.17) is 20.1 Å². The summed E-state index contributed by atoms with van der Waals surface area (Å²) in [5.41, 5.74) is 1.18. The number of rotatable bonds is 3.